The van der Waals surface area contributed by atoms with Gasteiger partial charge in [0, 0.05) is 6.20 Å². The Hall–Kier alpha value is -1.58. The number of carbonyl (C=O) groups excluding carboxylic acids is 1. The van der Waals surface area contributed by atoms with Crippen LogP contribution in [0, 0.1) is 0 Å². The minimum absolute atomic E-state index is 0.317. The molecule has 2 N–H and O–H groups in total. The molecule has 0 spiro atoms. The zero-order valence-corrected chi connectivity index (χ0v) is 7.49. The highest BCUT2D eigenvalue weighted by Crippen LogP contribution is 2.13. The molecule has 0 fully saturated rings. The van der Waals surface area contributed by atoms with Crippen LogP contribution in [0.15, 0.2) is 18.3 Å². The van der Waals surface area contributed by atoms with E-state index in [9.17, 15) is 4.79 Å². The van der Waals surface area contributed by atoms with Crippen LogP contribution in [0.1, 0.15) is 23.7 Å². The zero-order valence-electron chi connectivity index (χ0n) is 7.49. The molecule has 0 aliphatic rings. The molecular formula is C9H12N2O2. The van der Waals surface area contributed by atoms with E-state index in [1.807, 2.05) is 6.92 Å². The van der Waals surface area contributed by atoms with Gasteiger partial charge < -0.3 is 10.5 Å². The molecule has 4 heteroatoms. The van der Waals surface area contributed by atoms with Gasteiger partial charge in [-0.25, -0.2) is 4.98 Å². The van der Waals surface area contributed by atoms with Crippen LogP contribution >= 0.6 is 0 Å². The highest BCUT2D eigenvalue weighted by atomic mass is 16.5. The number of pyridine rings is 1. The van der Waals surface area contributed by atoms with E-state index in [1.165, 1.54) is 0 Å². The standard InChI is InChI=1S/C9H12N2O2/c1-2-6-13-9-7(8(10)12)4-3-5-11-9/h3-5H,2,6H2,1H3,(H2,10,12). The maximum Gasteiger partial charge on any atom is 0.254 e. The fourth-order valence-corrected chi connectivity index (χ4v) is 0.892. The molecule has 0 saturated heterocycles. The van der Waals surface area contributed by atoms with Crippen LogP contribution in [0.4, 0.5) is 0 Å². The summed E-state index contributed by atoms with van der Waals surface area (Å²) in [7, 11) is 0. The first-order chi connectivity index (χ1) is 6.25. The van der Waals surface area contributed by atoms with Crippen molar-refractivity contribution in [2.75, 3.05) is 6.61 Å². The molecule has 1 aromatic rings. The second-order valence-electron chi connectivity index (χ2n) is 2.57. The second-order valence-corrected chi connectivity index (χ2v) is 2.57. The van der Waals surface area contributed by atoms with E-state index in [2.05, 4.69) is 4.98 Å². The van der Waals surface area contributed by atoms with Gasteiger partial charge in [0.05, 0.1) is 6.61 Å². The Morgan fingerprint density at radius 1 is 1.69 bits per heavy atom. The van der Waals surface area contributed by atoms with Crippen molar-refractivity contribution in [1.29, 1.82) is 0 Å². The lowest BCUT2D eigenvalue weighted by Crippen LogP contribution is -2.14. The quantitative estimate of drug-likeness (QED) is 0.750. The Kier molecular flexibility index (Phi) is 3.25. The lowest BCUT2D eigenvalue weighted by Gasteiger charge is -2.05. The van der Waals surface area contributed by atoms with E-state index in [0.717, 1.165) is 6.42 Å². The summed E-state index contributed by atoms with van der Waals surface area (Å²) in [5.74, 6) is -0.198. The van der Waals surface area contributed by atoms with Gasteiger partial charge in [0.15, 0.2) is 0 Å². The average Bonchev–Trinajstić information content (AvgIpc) is 2.15. The third-order valence-corrected chi connectivity index (χ3v) is 1.48. The van der Waals surface area contributed by atoms with E-state index in [4.69, 9.17) is 10.5 Å². The molecule has 0 aromatic carbocycles. The van der Waals surface area contributed by atoms with Gasteiger partial charge in [0.1, 0.15) is 5.56 Å². The highest BCUT2D eigenvalue weighted by molar-refractivity contribution is 5.94. The molecule has 1 amide bonds. The number of nitrogens with two attached hydrogens (primary N) is 1. The summed E-state index contributed by atoms with van der Waals surface area (Å²) >= 11 is 0. The highest BCUT2D eigenvalue weighted by Gasteiger charge is 2.08. The largest absolute Gasteiger partial charge is 0.477 e. The predicted molar refractivity (Wildman–Crippen MR) is 48.5 cm³/mol. The SMILES string of the molecule is CCCOc1ncccc1C(N)=O. The van der Waals surface area contributed by atoms with Crippen LogP contribution in [0.25, 0.3) is 0 Å². The number of amides is 1. The molecule has 0 bridgehead atoms. The molecule has 0 radical (unpaired) electrons. The summed E-state index contributed by atoms with van der Waals surface area (Å²) < 4.78 is 5.24. The van der Waals surface area contributed by atoms with Crippen molar-refractivity contribution in [3.63, 3.8) is 0 Å². The minimum atomic E-state index is -0.515. The Morgan fingerprint density at radius 3 is 3.08 bits per heavy atom. The Labute approximate surface area is 76.7 Å². The molecule has 0 saturated carbocycles. The first-order valence-corrected chi connectivity index (χ1v) is 4.13. The topological polar surface area (TPSA) is 65.2 Å². The van der Waals surface area contributed by atoms with Gasteiger partial charge in [-0.1, -0.05) is 6.92 Å². The van der Waals surface area contributed by atoms with E-state index >= 15 is 0 Å². The maximum absolute atomic E-state index is 10.9. The molecule has 70 valence electrons. The number of ether oxygens (including phenoxy) is 1. The van der Waals surface area contributed by atoms with Crippen LogP contribution < -0.4 is 10.5 Å². The van der Waals surface area contributed by atoms with Crippen LogP contribution in [-0.4, -0.2) is 17.5 Å². The number of primary amides is 1. The van der Waals surface area contributed by atoms with Crippen molar-refractivity contribution >= 4 is 5.91 Å². The van der Waals surface area contributed by atoms with Crippen molar-refractivity contribution in [3.05, 3.63) is 23.9 Å². The van der Waals surface area contributed by atoms with E-state index in [0.29, 0.717) is 18.1 Å². The molecule has 0 aliphatic heterocycles. The molecule has 13 heavy (non-hydrogen) atoms. The van der Waals surface area contributed by atoms with Gasteiger partial charge in [0.2, 0.25) is 5.88 Å². The maximum atomic E-state index is 10.9. The first-order valence-electron chi connectivity index (χ1n) is 4.13. The van der Waals surface area contributed by atoms with Gasteiger partial charge in [-0.15, -0.1) is 0 Å². The molecule has 1 aromatic heterocycles. The summed E-state index contributed by atoms with van der Waals surface area (Å²) in [6.07, 6.45) is 2.44. The summed E-state index contributed by atoms with van der Waals surface area (Å²) in [6, 6.07) is 3.25. The number of rotatable bonds is 4. The smallest absolute Gasteiger partial charge is 0.254 e. The van der Waals surface area contributed by atoms with Crippen LogP contribution in [0.2, 0.25) is 0 Å². The number of nitrogens with zero attached hydrogens (tertiary/aromatic N) is 1. The van der Waals surface area contributed by atoms with Gasteiger partial charge >= 0.3 is 0 Å². The first kappa shape index (κ1) is 9.51. The van der Waals surface area contributed by atoms with Gasteiger partial charge in [-0.2, -0.15) is 0 Å². The number of aromatic nitrogens is 1. The Balaban J connectivity index is 2.84. The third-order valence-electron chi connectivity index (χ3n) is 1.48. The van der Waals surface area contributed by atoms with Crippen LogP contribution in [0.5, 0.6) is 5.88 Å². The van der Waals surface area contributed by atoms with Gasteiger partial charge in [-0.3, -0.25) is 4.79 Å². The predicted octanol–water partition coefficient (Wildman–Crippen LogP) is 0.969. The molecule has 1 heterocycles. The minimum Gasteiger partial charge on any atom is -0.477 e. The van der Waals surface area contributed by atoms with Crippen molar-refractivity contribution in [2.24, 2.45) is 5.73 Å². The Morgan fingerprint density at radius 2 is 2.46 bits per heavy atom. The monoisotopic (exact) mass is 180 g/mol. The van der Waals surface area contributed by atoms with Gasteiger partial charge in [0.25, 0.3) is 5.91 Å². The molecule has 0 aliphatic carbocycles. The van der Waals surface area contributed by atoms with E-state index < -0.39 is 5.91 Å². The number of carbonyl (C=O) groups is 1. The number of hydrogen-bond donors (Lipinski definition) is 1. The third kappa shape index (κ3) is 2.43. The van der Waals surface area contributed by atoms with Crippen LogP contribution in [0.3, 0.4) is 0 Å². The molecular weight excluding hydrogens is 168 g/mol. The second kappa shape index (κ2) is 4.45. The normalized spacial score (nSPS) is 9.62. The van der Waals surface area contributed by atoms with Gasteiger partial charge in [-0.05, 0) is 18.6 Å². The summed E-state index contributed by atoms with van der Waals surface area (Å²) in [6.45, 7) is 2.52. The number of hydrogen-bond acceptors (Lipinski definition) is 3. The van der Waals surface area contributed by atoms with Crippen molar-refractivity contribution < 1.29 is 9.53 Å². The summed E-state index contributed by atoms with van der Waals surface area (Å²) in [5, 5.41) is 0. The van der Waals surface area contributed by atoms with Crippen molar-refractivity contribution in [3.8, 4) is 5.88 Å². The Bertz CT molecular complexity index is 299. The summed E-state index contributed by atoms with van der Waals surface area (Å²) in [5.41, 5.74) is 5.46. The fourth-order valence-electron chi connectivity index (χ4n) is 0.892. The summed E-state index contributed by atoms with van der Waals surface area (Å²) in [4.78, 5) is 14.8. The fraction of sp³-hybridized carbons (Fsp3) is 0.333. The zero-order chi connectivity index (χ0) is 9.68. The van der Waals surface area contributed by atoms with E-state index in [1.54, 1.807) is 18.3 Å². The van der Waals surface area contributed by atoms with Crippen molar-refractivity contribution in [1.82, 2.24) is 4.98 Å². The van der Waals surface area contributed by atoms with E-state index in [-0.39, 0.29) is 0 Å². The molecule has 1 rings (SSSR count). The van der Waals surface area contributed by atoms with Crippen LogP contribution in [-0.2, 0) is 0 Å². The lowest BCUT2D eigenvalue weighted by molar-refractivity contribution is 0.0995. The molecule has 0 atom stereocenters. The molecule has 4 nitrogen and oxygen atoms in total. The molecule has 0 unspecified atom stereocenters. The van der Waals surface area contributed by atoms with Crippen molar-refractivity contribution in [2.45, 2.75) is 13.3 Å². The average molecular weight is 180 g/mol. The lowest BCUT2D eigenvalue weighted by atomic mass is 10.2.